The highest BCUT2D eigenvalue weighted by atomic mass is 32.2. The molecule has 0 bridgehead atoms. The number of hydrogen-bond donors (Lipinski definition) is 0. The van der Waals surface area contributed by atoms with Gasteiger partial charge in [-0.1, -0.05) is 0 Å². The number of Topliss-reactive ketones (excluding diaryl/α,β-unsaturated/α-hetero) is 1. The standard InChI is InChI=1S/C10H10N2OS2/c13-9-6-14-5-7(9)3-8-4-12-1-2-15-10(12)11-8/h1-2,4,7H,3,5-6H2. The number of imidazole rings is 1. The molecule has 0 N–H and O–H groups in total. The van der Waals surface area contributed by atoms with Crippen molar-refractivity contribution in [1.82, 2.24) is 9.38 Å². The van der Waals surface area contributed by atoms with E-state index in [4.69, 9.17) is 0 Å². The maximum absolute atomic E-state index is 11.5. The topological polar surface area (TPSA) is 34.4 Å². The summed E-state index contributed by atoms with van der Waals surface area (Å²) in [6.07, 6.45) is 4.84. The van der Waals surface area contributed by atoms with Crippen molar-refractivity contribution in [2.75, 3.05) is 11.5 Å². The zero-order valence-corrected chi connectivity index (χ0v) is 9.68. The monoisotopic (exact) mass is 238 g/mol. The Labute approximate surface area is 95.5 Å². The molecular formula is C10H10N2OS2. The fourth-order valence-electron chi connectivity index (χ4n) is 1.81. The third-order valence-corrected chi connectivity index (χ3v) is 4.51. The van der Waals surface area contributed by atoms with Gasteiger partial charge in [-0.15, -0.1) is 11.3 Å². The Morgan fingerprint density at radius 2 is 2.53 bits per heavy atom. The SMILES string of the molecule is O=C1CSCC1Cc1cn2ccsc2n1. The third kappa shape index (κ3) is 1.70. The van der Waals surface area contributed by atoms with Crippen molar-refractivity contribution >= 4 is 33.8 Å². The molecule has 1 fully saturated rings. The van der Waals surface area contributed by atoms with Crippen molar-refractivity contribution in [3.63, 3.8) is 0 Å². The molecule has 3 nitrogen and oxygen atoms in total. The van der Waals surface area contributed by atoms with Crippen LogP contribution in [0.3, 0.4) is 0 Å². The second-order valence-corrected chi connectivity index (χ2v) is 5.61. The molecule has 0 amide bonds. The van der Waals surface area contributed by atoms with E-state index in [1.165, 1.54) is 0 Å². The van der Waals surface area contributed by atoms with Crippen LogP contribution >= 0.6 is 23.1 Å². The number of aromatic nitrogens is 2. The average Bonchev–Trinajstić information content (AvgIpc) is 2.83. The van der Waals surface area contributed by atoms with Gasteiger partial charge in [0, 0.05) is 35.9 Å². The van der Waals surface area contributed by atoms with Crippen LogP contribution in [0.25, 0.3) is 4.96 Å². The predicted octanol–water partition coefficient (Wildman–Crippen LogP) is 1.87. The summed E-state index contributed by atoms with van der Waals surface area (Å²) in [7, 11) is 0. The van der Waals surface area contributed by atoms with E-state index < -0.39 is 0 Å². The predicted molar refractivity (Wildman–Crippen MR) is 62.6 cm³/mol. The van der Waals surface area contributed by atoms with E-state index in [-0.39, 0.29) is 5.92 Å². The molecule has 1 atom stereocenters. The number of thiazole rings is 1. The number of carbonyl (C=O) groups is 1. The van der Waals surface area contributed by atoms with Crippen LogP contribution in [0.1, 0.15) is 5.69 Å². The Kier molecular flexibility index (Phi) is 2.29. The largest absolute Gasteiger partial charge is 0.298 e. The van der Waals surface area contributed by atoms with Crippen LogP contribution in [-0.4, -0.2) is 26.7 Å². The van der Waals surface area contributed by atoms with E-state index >= 15 is 0 Å². The highest BCUT2D eigenvalue weighted by Crippen LogP contribution is 2.24. The molecule has 0 spiro atoms. The molecule has 5 heteroatoms. The Morgan fingerprint density at radius 3 is 3.27 bits per heavy atom. The van der Waals surface area contributed by atoms with Gasteiger partial charge in [0.15, 0.2) is 4.96 Å². The highest BCUT2D eigenvalue weighted by Gasteiger charge is 2.25. The Bertz CT molecular complexity index is 474. The lowest BCUT2D eigenvalue weighted by atomic mass is 10.0. The van der Waals surface area contributed by atoms with Gasteiger partial charge < -0.3 is 0 Å². The van der Waals surface area contributed by atoms with Gasteiger partial charge in [0.2, 0.25) is 0 Å². The second-order valence-electron chi connectivity index (χ2n) is 3.71. The maximum atomic E-state index is 11.5. The average molecular weight is 238 g/mol. The Balaban J connectivity index is 1.83. The quantitative estimate of drug-likeness (QED) is 0.801. The normalized spacial score (nSPS) is 21.6. The van der Waals surface area contributed by atoms with Gasteiger partial charge >= 0.3 is 0 Å². The van der Waals surface area contributed by atoms with Crippen molar-refractivity contribution in [3.05, 3.63) is 23.5 Å². The number of fused-ring (bicyclic) bond motifs is 1. The molecular weight excluding hydrogens is 228 g/mol. The summed E-state index contributed by atoms with van der Waals surface area (Å²) in [6.45, 7) is 0. The molecule has 0 saturated carbocycles. The van der Waals surface area contributed by atoms with Gasteiger partial charge in [-0.3, -0.25) is 9.20 Å². The molecule has 15 heavy (non-hydrogen) atoms. The van der Waals surface area contributed by atoms with Gasteiger partial charge in [-0.25, -0.2) is 4.98 Å². The number of thioether (sulfide) groups is 1. The highest BCUT2D eigenvalue weighted by molar-refractivity contribution is 8.00. The van der Waals surface area contributed by atoms with Crippen LogP contribution in [0, 0.1) is 5.92 Å². The van der Waals surface area contributed by atoms with Gasteiger partial charge in [0.1, 0.15) is 5.78 Å². The van der Waals surface area contributed by atoms with Crippen LogP contribution in [-0.2, 0) is 11.2 Å². The molecule has 78 valence electrons. The van der Waals surface area contributed by atoms with Gasteiger partial charge in [-0.2, -0.15) is 11.8 Å². The lowest BCUT2D eigenvalue weighted by Crippen LogP contribution is -2.14. The first-order valence-electron chi connectivity index (χ1n) is 4.84. The van der Waals surface area contributed by atoms with Crippen LogP contribution in [0.5, 0.6) is 0 Å². The van der Waals surface area contributed by atoms with Crippen molar-refractivity contribution < 1.29 is 4.79 Å². The molecule has 2 aromatic rings. The van der Waals surface area contributed by atoms with E-state index in [0.29, 0.717) is 11.5 Å². The summed E-state index contributed by atoms with van der Waals surface area (Å²) in [5.41, 5.74) is 1.04. The lowest BCUT2D eigenvalue weighted by molar-refractivity contribution is -0.119. The van der Waals surface area contributed by atoms with E-state index in [0.717, 1.165) is 22.8 Å². The summed E-state index contributed by atoms with van der Waals surface area (Å²) in [5.74, 6) is 2.23. The minimum atomic E-state index is 0.194. The second kappa shape index (κ2) is 3.64. The number of nitrogens with zero attached hydrogens (tertiary/aromatic N) is 2. The van der Waals surface area contributed by atoms with E-state index in [2.05, 4.69) is 4.98 Å². The number of ketones is 1. The smallest absolute Gasteiger partial charge is 0.193 e. The van der Waals surface area contributed by atoms with Gasteiger partial charge in [0.05, 0.1) is 11.4 Å². The minimum Gasteiger partial charge on any atom is -0.298 e. The first-order valence-corrected chi connectivity index (χ1v) is 6.88. The van der Waals surface area contributed by atoms with Crippen molar-refractivity contribution in [2.24, 2.45) is 5.92 Å². The minimum absolute atomic E-state index is 0.194. The van der Waals surface area contributed by atoms with Crippen molar-refractivity contribution in [2.45, 2.75) is 6.42 Å². The number of hydrogen-bond acceptors (Lipinski definition) is 4. The van der Waals surface area contributed by atoms with Crippen LogP contribution in [0.15, 0.2) is 17.8 Å². The number of carbonyl (C=O) groups excluding carboxylic acids is 1. The fraction of sp³-hybridized carbons (Fsp3) is 0.400. The van der Waals surface area contributed by atoms with E-state index in [1.807, 2.05) is 22.2 Å². The summed E-state index contributed by atoms with van der Waals surface area (Å²) >= 11 is 3.37. The van der Waals surface area contributed by atoms with Crippen LogP contribution in [0.2, 0.25) is 0 Å². The van der Waals surface area contributed by atoms with Crippen LogP contribution < -0.4 is 0 Å². The molecule has 1 saturated heterocycles. The fourth-order valence-corrected chi connectivity index (χ4v) is 3.67. The van der Waals surface area contributed by atoms with Crippen molar-refractivity contribution in [3.8, 4) is 0 Å². The molecule has 3 rings (SSSR count). The number of rotatable bonds is 2. The molecule has 0 aromatic carbocycles. The molecule has 0 radical (unpaired) electrons. The lowest BCUT2D eigenvalue weighted by Gasteiger charge is -2.02. The van der Waals surface area contributed by atoms with E-state index in [9.17, 15) is 4.79 Å². The first kappa shape index (κ1) is 9.42. The summed E-state index contributed by atoms with van der Waals surface area (Å²) < 4.78 is 2.02. The first-order chi connectivity index (χ1) is 7.33. The molecule has 3 heterocycles. The zero-order valence-electron chi connectivity index (χ0n) is 8.05. The third-order valence-electron chi connectivity index (χ3n) is 2.62. The van der Waals surface area contributed by atoms with Gasteiger partial charge in [-0.05, 0) is 0 Å². The molecule has 1 aliphatic rings. The van der Waals surface area contributed by atoms with Crippen molar-refractivity contribution in [1.29, 1.82) is 0 Å². The summed E-state index contributed by atoms with van der Waals surface area (Å²) in [6, 6.07) is 0. The molecule has 2 aromatic heterocycles. The van der Waals surface area contributed by atoms with Crippen LogP contribution in [0.4, 0.5) is 0 Å². The Morgan fingerprint density at radius 1 is 1.60 bits per heavy atom. The Hall–Kier alpha value is -0.810. The van der Waals surface area contributed by atoms with E-state index in [1.54, 1.807) is 23.1 Å². The molecule has 0 aliphatic carbocycles. The van der Waals surface area contributed by atoms with Gasteiger partial charge in [0.25, 0.3) is 0 Å². The summed E-state index contributed by atoms with van der Waals surface area (Å²) in [5, 5.41) is 2.02. The summed E-state index contributed by atoms with van der Waals surface area (Å²) in [4.78, 5) is 17.0. The molecule has 1 unspecified atom stereocenters. The molecule has 1 aliphatic heterocycles. The maximum Gasteiger partial charge on any atom is 0.193 e. The zero-order chi connectivity index (χ0) is 10.3.